The summed E-state index contributed by atoms with van der Waals surface area (Å²) in [5.74, 6) is 0. The van der Waals surface area contributed by atoms with Gasteiger partial charge in [-0.2, -0.15) is 0 Å². The lowest BCUT2D eigenvalue weighted by Gasteiger charge is -2.47. The first-order chi connectivity index (χ1) is 19.8. The third kappa shape index (κ3) is 6.60. The van der Waals surface area contributed by atoms with E-state index in [0.717, 1.165) is 0 Å². The van der Waals surface area contributed by atoms with Crippen molar-refractivity contribution in [3.63, 3.8) is 0 Å². The highest BCUT2D eigenvalue weighted by molar-refractivity contribution is 5.02. The molecule has 18 N–H and O–H groups in total. The summed E-state index contributed by atoms with van der Waals surface area (Å²) in [6.45, 7) is -1.49. The van der Waals surface area contributed by atoms with Gasteiger partial charge >= 0.3 is 0 Å². The molecule has 0 radical (unpaired) electrons. The molecule has 4 rings (SSSR count). The number of rotatable bonds is 9. The van der Waals surface area contributed by atoms with E-state index in [2.05, 4.69) is 0 Å². The van der Waals surface area contributed by atoms with Crippen LogP contribution >= 0.6 is 0 Å². The third-order valence-corrected chi connectivity index (χ3v) is 8.32. The molecule has 3 heterocycles. The van der Waals surface area contributed by atoms with Gasteiger partial charge in [0.05, 0.1) is 31.4 Å². The van der Waals surface area contributed by atoms with E-state index in [9.17, 15) is 40.9 Å². The van der Waals surface area contributed by atoms with E-state index in [1.54, 1.807) is 0 Å². The summed E-state index contributed by atoms with van der Waals surface area (Å²) in [4.78, 5) is 0. The van der Waals surface area contributed by atoms with E-state index in [4.69, 9.17) is 57.1 Å². The fourth-order valence-electron chi connectivity index (χ4n) is 5.70. The second-order valence-corrected chi connectivity index (χ2v) is 11.2. The van der Waals surface area contributed by atoms with Crippen LogP contribution in [-0.2, 0) is 28.4 Å². The third-order valence-electron chi connectivity index (χ3n) is 8.32. The number of ether oxygens (including phenoxy) is 6. The molecular formula is C23H45N5O14. The molecule has 3 aliphatic heterocycles. The Morgan fingerprint density at radius 2 is 1.00 bits per heavy atom. The topological polar surface area (TPSA) is 347 Å². The van der Waals surface area contributed by atoms with Crippen molar-refractivity contribution in [2.24, 2.45) is 28.7 Å². The van der Waals surface area contributed by atoms with Gasteiger partial charge in [-0.1, -0.05) is 0 Å². The summed E-state index contributed by atoms with van der Waals surface area (Å²) in [5.41, 5.74) is 29.9. The van der Waals surface area contributed by atoms with Gasteiger partial charge in [-0.25, -0.2) is 0 Å². The molecule has 19 atom stereocenters. The predicted molar refractivity (Wildman–Crippen MR) is 136 cm³/mol. The van der Waals surface area contributed by atoms with E-state index in [-0.39, 0.29) is 13.0 Å². The predicted octanol–water partition coefficient (Wildman–Crippen LogP) is -8.86. The molecule has 0 aromatic heterocycles. The Morgan fingerprint density at radius 1 is 0.524 bits per heavy atom. The Labute approximate surface area is 240 Å². The van der Waals surface area contributed by atoms with Crippen molar-refractivity contribution in [2.45, 2.75) is 123 Å². The van der Waals surface area contributed by atoms with Gasteiger partial charge < -0.3 is 97.9 Å². The molecule has 4 fully saturated rings. The minimum atomic E-state index is -1.62. The number of nitrogens with two attached hydrogens (primary N) is 5. The molecule has 246 valence electrons. The highest BCUT2D eigenvalue weighted by atomic mass is 16.8. The van der Waals surface area contributed by atoms with Gasteiger partial charge in [0, 0.05) is 18.6 Å². The molecule has 0 bridgehead atoms. The van der Waals surface area contributed by atoms with E-state index < -0.39 is 129 Å². The van der Waals surface area contributed by atoms with E-state index >= 15 is 0 Å². The second-order valence-electron chi connectivity index (χ2n) is 11.2. The summed E-state index contributed by atoms with van der Waals surface area (Å²) in [5, 5.41) is 82.3. The Balaban J connectivity index is 1.50. The van der Waals surface area contributed by atoms with Crippen molar-refractivity contribution in [1.29, 1.82) is 0 Å². The van der Waals surface area contributed by atoms with Crippen LogP contribution in [0, 0.1) is 0 Å². The monoisotopic (exact) mass is 615 g/mol. The molecule has 1 aliphatic carbocycles. The maximum atomic E-state index is 11.1. The highest BCUT2D eigenvalue weighted by Crippen LogP contribution is 2.34. The van der Waals surface area contributed by atoms with Gasteiger partial charge in [0.15, 0.2) is 18.9 Å². The van der Waals surface area contributed by atoms with Crippen LogP contribution < -0.4 is 28.7 Å². The molecule has 0 amide bonds. The van der Waals surface area contributed by atoms with Crippen LogP contribution in [0.15, 0.2) is 0 Å². The van der Waals surface area contributed by atoms with Crippen molar-refractivity contribution < 1.29 is 69.3 Å². The van der Waals surface area contributed by atoms with Gasteiger partial charge in [0.2, 0.25) is 0 Å². The van der Waals surface area contributed by atoms with Crippen LogP contribution in [0.5, 0.6) is 0 Å². The van der Waals surface area contributed by atoms with Crippen LogP contribution in [0.4, 0.5) is 0 Å². The van der Waals surface area contributed by atoms with Crippen molar-refractivity contribution in [3.8, 4) is 0 Å². The van der Waals surface area contributed by atoms with Gasteiger partial charge in [0.1, 0.15) is 67.1 Å². The largest absolute Gasteiger partial charge is 0.394 e. The van der Waals surface area contributed by atoms with Gasteiger partial charge in [0.25, 0.3) is 0 Å². The number of hydrogen-bond donors (Lipinski definition) is 13. The van der Waals surface area contributed by atoms with Crippen LogP contribution in [0.1, 0.15) is 6.42 Å². The van der Waals surface area contributed by atoms with E-state index in [1.807, 2.05) is 0 Å². The van der Waals surface area contributed by atoms with Crippen molar-refractivity contribution in [3.05, 3.63) is 0 Å². The fraction of sp³-hybridized carbons (Fsp3) is 1.00. The van der Waals surface area contributed by atoms with Crippen LogP contribution in [-0.4, -0.2) is 177 Å². The highest BCUT2D eigenvalue weighted by Gasteiger charge is 2.54. The average molecular weight is 616 g/mol. The second kappa shape index (κ2) is 14.1. The SMILES string of the molecule is NC[C@@H]1O[C@H](O[C@H]2[C@H](O)[C@@H](O[C@H]3[C@@H](O)[C@H](N)C[C@H](N)[C@H]3O[C@H]3O[C@H](CO)[C@@H](O)[C@@H](O)[C@H]3N)O[C@@H]2CO)[C@@H](N)[C@@H](O)[C@@H]1O. The summed E-state index contributed by atoms with van der Waals surface area (Å²) in [6, 6.07) is -4.30. The Hall–Kier alpha value is -0.760. The zero-order chi connectivity index (χ0) is 31.0. The lowest BCUT2D eigenvalue weighted by Crippen LogP contribution is -2.68. The Kier molecular flexibility index (Phi) is 11.5. The smallest absolute Gasteiger partial charge is 0.187 e. The molecular weight excluding hydrogens is 570 g/mol. The lowest BCUT2D eigenvalue weighted by atomic mass is 9.84. The first-order valence-electron chi connectivity index (χ1n) is 13.8. The number of aliphatic hydroxyl groups is 8. The molecule has 19 heteroatoms. The van der Waals surface area contributed by atoms with E-state index in [0.29, 0.717) is 0 Å². The molecule has 0 unspecified atom stereocenters. The number of aliphatic hydroxyl groups excluding tert-OH is 8. The van der Waals surface area contributed by atoms with E-state index in [1.165, 1.54) is 0 Å². The summed E-state index contributed by atoms with van der Waals surface area (Å²) in [7, 11) is 0. The summed E-state index contributed by atoms with van der Waals surface area (Å²) >= 11 is 0. The summed E-state index contributed by atoms with van der Waals surface area (Å²) < 4.78 is 34.4. The van der Waals surface area contributed by atoms with Crippen molar-refractivity contribution in [2.75, 3.05) is 19.8 Å². The molecule has 0 aromatic carbocycles. The normalized spacial score (nSPS) is 53.8. The molecule has 3 saturated heterocycles. The van der Waals surface area contributed by atoms with Gasteiger partial charge in [-0.05, 0) is 6.42 Å². The summed E-state index contributed by atoms with van der Waals surface area (Å²) in [6.07, 6.45) is -20.5. The molecule has 1 saturated carbocycles. The first kappa shape index (κ1) is 34.1. The van der Waals surface area contributed by atoms with Crippen LogP contribution in [0.25, 0.3) is 0 Å². The van der Waals surface area contributed by atoms with Crippen LogP contribution in [0.2, 0.25) is 0 Å². The molecule has 0 aromatic rings. The van der Waals surface area contributed by atoms with Gasteiger partial charge in [-0.15, -0.1) is 0 Å². The Morgan fingerprint density at radius 3 is 1.55 bits per heavy atom. The molecule has 42 heavy (non-hydrogen) atoms. The van der Waals surface area contributed by atoms with Crippen molar-refractivity contribution in [1.82, 2.24) is 0 Å². The molecule has 4 aliphatic rings. The fourth-order valence-corrected chi connectivity index (χ4v) is 5.70. The maximum absolute atomic E-state index is 11.1. The molecule has 0 spiro atoms. The van der Waals surface area contributed by atoms with Gasteiger partial charge in [-0.3, -0.25) is 0 Å². The average Bonchev–Trinajstić information content (AvgIpc) is 3.27. The Bertz CT molecular complexity index is 866. The first-order valence-corrected chi connectivity index (χ1v) is 13.8. The molecule has 19 nitrogen and oxygen atoms in total. The zero-order valence-corrected chi connectivity index (χ0v) is 22.7. The minimum absolute atomic E-state index is 0.0642. The standard InChI is InChI=1S/C23H45N5O14/c24-2-7-13(32)15(34)10(27)21(37-7)41-19-9(4-30)39-23(17(19)36)42-20-12(31)5(25)1-6(26)18(20)40-22-11(28)16(35)14(33)8(3-29)38-22/h5-23,29-36H,1-4,24-28H2/t5-,6+,7+,8-,9-,10+,11-,12+,13-,14-,15-,16+,17+,18-,19-,20+,21-,22-,23-/m1/s1. The minimum Gasteiger partial charge on any atom is -0.394 e. The van der Waals surface area contributed by atoms with Crippen molar-refractivity contribution >= 4 is 0 Å². The van der Waals surface area contributed by atoms with Crippen LogP contribution in [0.3, 0.4) is 0 Å². The quantitative estimate of drug-likeness (QED) is 0.114. The lowest BCUT2D eigenvalue weighted by molar-refractivity contribution is -0.310. The zero-order valence-electron chi connectivity index (χ0n) is 22.7. The maximum Gasteiger partial charge on any atom is 0.187 e. The number of hydrogen-bond acceptors (Lipinski definition) is 19.